The highest BCUT2D eigenvalue weighted by Gasteiger charge is 2.32. The van der Waals surface area contributed by atoms with Crippen LogP contribution in [0.2, 0.25) is 0 Å². The lowest BCUT2D eigenvalue weighted by atomic mass is 10.1. The summed E-state index contributed by atoms with van der Waals surface area (Å²) in [5, 5.41) is 5.98. The number of piperidine rings is 1. The number of alkyl halides is 3. The summed E-state index contributed by atoms with van der Waals surface area (Å²) in [6, 6.07) is 16.8. The van der Waals surface area contributed by atoms with E-state index in [1.165, 1.54) is 16.4 Å². The first-order valence-electron chi connectivity index (χ1n) is 11.0. The summed E-state index contributed by atoms with van der Waals surface area (Å²) in [7, 11) is -3.66. The van der Waals surface area contributed by atoms with Crippen LogP contribution in [0.4, 0.5) is 18.9 Å². The molecule has 1 aromatic heterocycles. The number of carbonyl (C=O) groups is 1. The van der Waals surface area contributed by atoms with Crippen LogP contribution in [0.5, 0.6) is 0 Å². The van der Waals surface area contributed by atoms with Crippen LogP contribution in [0.15, 0.2) is 70.9 Å². The van der Waals surface area contributed by atoms with Gasteiger partial charge in [-0.05, 0) is 61.4 Å². The van der Waals surface area contributed by atoms with Crippen molar-refractivity contribution < 1.29 is 26.4 Å². The van der Waals surface area contributed by atoms with Gasteiger partial charge in [0.05, 0.1) is 12.1 Å². The number of hydrogen-bond acceptors (Lipinski definition) is 5. The van der Waals surface area contributed by atoms with Crippen molar-refractivity contribution in [2.24, 2.45) is 0 Å². The van der Waals surface area contributed by atoms with Gasteiger partial charge in [-0.25, -0.2) is 8.42 Å². The minimum absolute atomic E-state index is 0.0368. The van der Waals surface area contributed by atoms with Gasteiger partial charge in [0.25, 0.3) is 15.9 Å². The molecule has 1 saturated heterocycles. The largest absolute Gasteiger partial charge is 0.416 e. The van der Waals surface area contributed by atoms with Crippen LogP contribution in [0.3, 0.4) is 0 Å². The fraction of sp³-hybridized carbons (Fsp3) is 0.292. The monoisotopic (exact) mass is 523 g/mol. The van der Waals surface area contributed by atoms with Gasteiger partial charge < -0.3 is 10.6 Å². The maximum Gasteiger partial charge on any atom is 0.416 e. The van der Waals surface area contributed by atoms with E-state index in [2.05, 4.69) is 10.6 Å². The molecular formula is C24H24F3N3O3S2. The Balaban J connectivity index is 1.30. The number of halogens is 3. The Morgan fingerprint density at radius 1 is 0.971 bits per heavy atom. The van der Waals surface area contributed by atoms with E-state index in [1.807, 2.05) is 6.07 Å². The van der Waals surface area contributed by atoms with Crippen molar-refractivity contribution in [3.63, 3.8) is 0 Å². The Morgan fingerprint density at radius 2 is 1.63 bits per heavy atom. The predicted molar refractivity (Wildman–Crippen MR) is 129 cm³/mol. The molecule has 3 aromatic rings. The summed E-state index contributed by atoms with van der Waals surface area (Å²) in [6.07, 6.45) is -3.31. The molecule has 2 heterocycles. The minimum Gasteiger partial charge on any atom is -0.382 e. The fourth-order valence-electron chi connectivity index (χ4n) is 3.81. The zero-order valence-electron chi connectivity index (χ0n) is 18.6. The van der Waals surface area contributed by atoms with Gasteiger partial charge in [0.2, 0.25) is 0 Å². The lowest BCUT2D eigenvalue weighted by molar-refractivity contribution is -0.137. The van der Waals surface area contributed by atoms with Gasteiger partial charge in [0.15, 0.2) is 0 Å². The molecule has 0 saturated carbocycles. The molecule has 0 radical (unpaired) electrons. The molecule has 6 nitrogen and oxygen atoms in total. The number of thiophene rings is 1. The van der Waals surface area contributed by atoms with E-state index in [0.717, 1.165) is 28.3 Å². The minimum atomic E-state index is -4.38. The van der Waals surface area contributed by atoms with Gasteiger partial charge in [-0.2, -0.15) is 17.5 Å². The third-order valence-corrected chi connectivity index (χ3v) is 9.18. The van der Waals surface area contributed by atoms with Crippen LogP contribution in [-0.4, -0.2) is 37.8 Å². The molecule has 1 aliphatic rings. The Labute approximate surface area is 205 Å². The molecule has 2 N–H and O–H groups in total. The molecule has 1 fully saturated rings. The Kier molecular flexibility index (Phi) is 7.48. The SMILES string of the molecule is O=C(NCc1ccc(S(=O)(=O)N2CCC(Nc3ccc(C(F)(F)F)cc3)CC2)s1)c1ccccc1. The van der Waals surface area contributed by atoms with E-state index < -0.39 is 21.8 Å². The van der Waals surface area contributed by atoms with E-state index in [4.69, 9.17) is 0 Å². The van der Waals surface area contributed by atoms with Crippen LogP contribution in [-0.2, 0) is 22.7 Å². The number of carbonyl (C=O) groups excluding carboxylic acids is 1. The highest BCUT2D eigenvalue weighted by molar-refractivity contribution is 7.91. The third kappa shape index (κ3) is 6.22. The quantitative estimate of drug-likeness (QED) is 0.459. The van der Waals surface area contributed by atoms with Crippen molar-refractivity contribution in [2.45, 2.75) is 35.8 Å². The summed E-state index contributed by atoms with van der Waals surface area (Å²) in [5.41, 5.74) is 0.392. The van der Waals surface area contributed by atoms with E-state index in [9.17, 15) is 26.4 Å². The fourth-order valence-corrected chi connectivity index (χ4v) is 6.73. The average Bonchev–Trinajstić information content (AvgIpc) is 3.33. The van der Waals surface area contributed by atoms with Crippen molar-refractivity contribution >= 4 is 33.0 Å². The number of amides is 1. The van der Waals surface area contributed by atoms with Crippen molar-refractivity contribution in [2.75, 3.05) is 18.4 Å². The van der Waals surface area contributed by atoms with E-state index >= 15 is 0 Å². The van der Waals surface area contributed by atoms with E-state index in [-0.39, 0.29) is 22.7 Å². The van der Waals surface area contributed by atoms with Gasteiger partial charge in [-0.15, -0.1) is 11.3 Å². The first-order valence-corrected chi connectivity index (χ1v) is 13.2. The highest BCUT2D eigenvalue weighted by Crippen LogP contribution is 2.31. The summed E-state index contributed by atoms with van der Waals surface area (Å²) in [6.45, 7) is 0.838. The van der Waals surface area contributed by atoms with E-state index in [0.29, 0.717) is 37.2 Å². The normalized spacial score (nSPS) is 15.6. The lowest BCUT2D eigenvalue weighted by Gasteiger charge is -2.31. The molecule has 2 aromatic carbocycles. The molecule has 35 heavy (non-hydrogen) atoms. The van der Waals surface area contributed by atoms with Crippen LogP contribution in [0.25, 0.3) is 0 Å². The summed E-state index contributed by atoms with van der Waals surface area (Å²) in [4.78, 5) is 12.9. The highest BCUT2D eigenvalue weighted by atomic mass is 32.2. The van der Waals surface area contributed by atoms with Gasteiger partial charge >= 0.3 is 6.18 Å². The third-order valence-electron chi connectivity index (χ3n) is 5.73. The second-order valence-corrected chi connectivity index (χ2v) is 11.5. The van der Waals surface area contributed by atoms with Crippen LogP contribution in [0.1, 0.15) is 33.6 Å². The second kappa shape index (κ2) is 10.4. The molecule has 186 valence electrons. The molecule has 0 unspecified atom stereocenters. The average molecular weight is 524 g/mol. The number of benzene rings is 2. The van der Waals surface area contributed by atoms with Crippen molar-refractivity contribution in [1.82, 2.24) is 9.62 Å². The lowest BCUT2D eigenvalue weighted by Crippen LogP contribution is -2.42. The Bertz CT molecular complexity index is 1250. The summed E-state index contributed by atoms with van der Waals surface area (Å²) >= 11 is 1.13. The number of anilines is 1. The summed E-state index contributed by atoms with van der Waals surface area (Å²) < 4.78 is 66.0. The number of hydrogen-bond donors (Lipinski definition) is 2. The van der Waals surface area contributed by atoms with Crippen LogP contribution in [0, 0.1) is 0 Å². The number of rotatable bonds is 7. The first kappa shape index (κ1) is 25.2. The standard InChI is InChI=1S/C24H24F3N3O3S2/c25-24(26,27)18-6-8-19(9-7-18)29-20-12-14-30(15-13-20)35(32,33)22-11-10-21(34-22)16-28-23(31)17-4-2-1-3-5-17/h1-11,20,29H,12-16H2,(H,28,31). The smallest absolute Gasteiger partial charge is 0.382 e. The molecule has 1 amide bonds. The maximum atomic E-state index is 13.1. The zero-order valence-corrected chi connectivity index (χ0v) is 20.2. The van der Waals surface area contributed by atoms with Gasteiger partial charge in [-0.1, -0.05) is 18.2 Å². The summed E-state index contributed by atoms with van der Waals surface area (Å²) in [5.74, 6) is -0.231. The van der Waals surface area contributed by atoms with Gasteiger partial charge in [-0.3, -0.25) is 4.79 Å². The molecule has 4 rings (SSSR count). The first-order chi connectivity index (χ1) is 16.6. The number of nitrogens with one attached hydrogen (secondary N) is 2. The molecule has 0 atom stereocenters. The van der Waals surface area contributed by atoms with E-state index in [1.54, 1.807) is 36.4 Å². The van der Waals surface area contributed by atoms with Crippen molar-refractivity contribution in [1.29, 1.82) is 0 Å². The second-order valence-electron chi connectivity index (χ2n) is 8.17. The molecule has 1 aliphatic heterocycles. The molecule has 0 bridgehead atoms. The van der Waals surface area contributed by atoms with Crippen molar-refractivity contribution in [3.05, 3.63) is 82.7 Å². The van der Waals surface area contributed by atoms with Gasteiger partial charge in [0, 0.05) is 35.3 Å². The predicted octanol–water partition coefficient (Wildman–Crippen LogP) is 4.96. The van der Waals surface area contributed by atoms with Crippen LogP contribution < -0.4 is 10.6 Å². The Morgan fingerprint density at radius 3 is 2.26 bits per heavy atom. The van der Waals surface area contributed by atoms with Crippen molar-refractivity contribution in [3.8, 4) is 0 Å². The molecule has 11 heteroatoms. The van der Waals surface area contributed by atoms with Crippen LogP contribution >= 0.6 is 11.3 Å². The number of nitrogens with zero attached hydrogens (tertiary/aromatic N) is 1. The molecular weight excluding hydrogens is 499 g/mol. The molecule has 0 aliphatic carbocycles. The maximum absolute atomic E-state index is 13.1. The van der Waals surface area contributed by atoms with Gasteiger partial charge in [0.1, 0.15) is 4.21 Å². The Hall–Kier alpha value is -2.89. The zero-order chi connectivity index (χ0) is 25.1. The number of sulfonamides is 1. The molecule has 0 spiro atoms. The topological polar surface area (TPSA) is 78.5 Å².